The Morgan fingerprint density at radius 3 is 2.90 bits per heavy atom. The van der Waals surface area contributed by atoms with Crippen molar-refractivity contribution in [2.24, 2.45) is 0 Å². The van der Waals surface area contributed by atoms with E-state index in [-0.39, 0.29) is 0 Å². The molecule has 1 aliphatic heterocycles. The van der Waals surface area contributed by atoms with Crippen molar-refractivity contribution in [2.75, 3.05) is 6.61 Å². The number of aromatic nitrogens is 1. The molecule has 4 heteroatoms. The van der Waals surface area contributed by atoms with E-state index in [9.17, 15) is 0 Å². The van der Waals surface area contributed by atoms with Gasteiger partial charge in [0.25, 0.3) is 0 Å². The molecule has 2 heterocycles. The van der Waals surface area contributed by atoms with Crippen molar-refractivity contribution in [3.05, 3.63) is 46.7 Å². The summed E-state index contributed by atoms with van der Waals surface area (Å²) in [4.78, 5) is 4.14. The second kappa shape index (κ2) is 5.90. The van der Waals surface area contributed by atoms with Crippen molar-refractivity contribution < 1.29 is 9.15 Å². The molecule has 0 bridgehead atoms. The number of fused-ring (bicyclic) bond motifs is 1. The largest absolute Gasteiger partial charge is 0.493 e. The van der Waals surface area contributed by atoms with Crippen LogP contribution < -0.4 is 10.1 Å². The van der Waals surface area contributed by atoms with E-state index in [0.717, 1.165) is 31.0 Å². The van der Waals surface area contributed by atoms with E-state index in [4.69, 9.17) is 9.15 Å². The molecule has 1 aromatic heterocycles. The van der Waals surface area contributed by atoms with Crippen LogP contribution in [0.5, 0.6) is 5.75 Å². The zero-order chi connectivity index (χ0) is 14.8. The van der Waals surface area contributed by atoms with Gasteiger partial charge in [-0.15, -0.1) is 0 Å². The van der Waals surface area contributed by atoms with Gasteiger partial charge in [-0.05, 0) is 32.3 Å². The van der Waals surface area contributed by atoms with Crippen LogP contribution in [0.4, 0.5) is 0 Å². The van der Waals surface area contributed by atoms with Crippen LogP contribution in [0.3, 0.4) is 0 Å². The summed E-state index contributed by atoms with van der Waals surface area (Å²) in [6, 6.07) is 4.71. The monoisotopic (exact) mass is 286 g/mol. The van der Waals surface area contributed by atoms with Gasteiger partial charge < -0.3 is 14.5 Å². The molecule has 1 unspecified atom stereocenters. The van der Waals surface area contributed by atoms with E-state index in [1.54, 1.807) is 6.20 Å². The molecule has 3 rings (SSSR count). The Morgan fingerprint density at radius 2 is 2.14 bits per heavy atom. The number of hydrogen-bond donors (Lipinski definition) is 1. The fourth-order valence-corrected chi connectivity index (χ4v) is 2.98. The molecule has 1 aliphatic rings. The van der Waals surface area contributed by atoms with Crippen LogP contribution in [-0.4, -0.2) is 11.6 Å². The molecule has 112 valence electrons. The van der Waals surface area contributed by atoms with Gasteiger partial charge in [0, 0.05) is 18.5 Å². The van der Waals surface area contributed by atoms with Crippen LogP contribution in [0.2, 0.25) is 0 Å². The van der Waals surface area contributed by atoms with Crippen molar-refractivity contribution in [1.29, 1.82) is 0 Å². The highest BCUT2D eigenvalue weighted by molar-refractivity contribution is 5.46. The number of nitrogens with zero attached hydrogens (tertiary/aromatic N) is 1. The number of oxazole rings is 1. The van der Waals surface area contributed by atoms with E-state index in [1.165, 1.54) is 16.7 Å². The van der Waals surface area contributed by atoms with Gasteiger partial charge in [0.1, 0.15) is 11.5 Å². The molecule has 0 saturated carbocycles. The third kappa shape index (κ3) is 3.10. The lowest BCUT2D eigenvalue weighted by Crippen LogP contribution is -2.20. The van der Waals surface area contributed by atoms with Gasteiger partial charge in [-0.25, -0.2) is 4.98 Å². The molecule has 1 atom stereocenters. The molecule has 1 N–H and O–H groups in total. The quantitative estimate of drug-likeness (QED) is 0.936. The van der Waals surface area contributed by atoms with Gasteiger partial charge in [0.15, 0.2) is 5.89 Å². The number of rotatable bonds is 3. The molecule has 2 aromatic rings. The number of ether oxygens (including phenoxy) is 1. The summed E-state index contributed by atoms with van der Waals surface area (Å²) in [5, 5.41) is 3.59. The lowest BCUT2D eigenvalue weighted by atomic mass is 9.97. The van der Waals surface area contributed by atoms with Crippen LogP contribution in [-0.2, 0) is 6.54 Å². The predicted octanol–water partition coefficient (Wildman–Crippen LogP) is 3.60. The molecular formula is C17H22N2O2. The SMILES string of the molecule is Cc1cc(C)c2c(c1)C(NCc1cnc(C)o1)CCCO2. The highest BCUT2D eigenvalue weighted by Gasteiger charge is 2.21. The molecule has 0 fully saturated rings. The Morgan fingerprint density at radius 1 is 1.29 bits per heavy atom. The molecule has 1 aromatic carbocycles. The Labute approximate surface area is 125 Å². The van der Waals surface area contributed by atoms with Gasteiger partial charge in [-0.3, -0.25) is 0 Å². The third-order valence-corrected chi connectivity index (χ3v) is 3.90. The summed E-state index contributed by atoms with van der Waals surface area (Å²) in [7, 11) is 0. The number of nitrogens with one attached hydrogen (secondary N) is 1. The van der Waals surface area contributed by atoms with Crippen LogP contribution in [0, 0.1) is 20.8 Å². The normalized spacial score (nSPS) is 18.0. The summed E-state index contributed by atoms with van der Waals surface area (Å²) in [6.45, 7) is 7.60. The lowest BCUT2D eigenvalue weighted by molar-refractivity contribution is 0.313. The molecule has 4 nitrogen and oxygen atoms in total. The first-order valence-corrected chi connectivity index (χ1v) is 7.52. The van der Waals surface area contributed by atoms with Crippen LogP contribution >= 0.6 is 0 Å². The summed E-state index contributed by atoms with van der Waals surface area (Å²) in [5.41, 5.74) is 3.76. The summed E-state index contributed by atoms with van der Waals surface area (Å²) >= 11 is 0. The Bertz CT molecular complexity index is 634. The maximum atomic E-state index is 5.94. The summed E-state index contributed by atoms with van der Waals surface area (Å²) < 4.78 is 11.5. The molecule has 21 heavy (non-hydrogen) atoms. The maximum absolute atomic E-state index is 5.94. The maximum Gasteiger partial charge on any atom is 0.191 e. The van der Waals surface area contributed by atoms with Crippen LogP contribution in [0.25, 0.3) is 0 Å². The highest BCUT2D eigenvalue weighted by Crippen LogP contribution is 2.35. The molecule has 0 radical (unpaired) electrons. The topological polar surface area (TPSA) is 47.3 Å². The standard InChI is InChI=1S/C17H22N2O2/c1-11-7-12(2)17-15(8-11)16(5-4-6-20-17)19-10-14-9-18-13(3)21-14/h7-9,16,19H,4-6,10H2,1-3H3. The summed E-state index contributed by atoms with van der Waals surface area (Å²) in [5.74, 6) is 2.64. The van der Waals surface area contributed by atoms with E-state index >= 15 is 0 Å². The Hall–Kier alpha value is -1.81. The van der Waals surface area contributed by atoms with Crippen molar-refractivity contribution in [1.82, 2.24) is 10.3 Å². The van der Waals surface area contributed by atoms with Gasteiger partial charge in [0.2, 0.25) is 0 Å². The first kappa shape index (κ1) is 14.1. The highest BCUT2D eigenvalue weighted by atomic mass is 16.5. The minimum Gasteiger partial charge on any atom is -0.493 e. The van der Waals surface area contributed by atoms with Gasteiger partial charge >= 0.3 is 0 Å². The smallest absolute Gasteiger partial charge is 0.191 e. The Balaban J connectivity index is 1.82. The van der Waals surface area contributed by atoms with Gasteiger partial charge in [-0.1, -0.05) is 17.7 Å². The average molecular weight is 286 g/mol. The molecule has 0 spiro atoms. The number of hydrogen-bond acceptors (Lipinski definition) is 4. The number of benzene rings is 1. The van der Waals surface area contributed by atoms with Crippen molar-refractivity contribution >= 4 is 0 Å². The zero-order valence-corrected chi connectivity index (χ0v) is 12.9. The minimum atomic E-state index is 0.298. The molecular weight excluding hydrogens is 264 g/mol. The van der Waals surface area contributed by atoms with E-state index < -0.39 is 0 Å². The molecule has 0 amide bonds. The van der Waals surface area contributed by atoms with Crippen molar-refractivity contribution in [2.45, 2.75) is 46.2 Å². The van der Waals surface area contributed by atoms with Crippen molar-refractivity contribution in [3.8, 4) is 5.75 Å². The first-order valence-electron chi connectivity index (χ1n) is 7.52. The van der Waals surface area contributed by atoms with Gasteiger partial charge in [0.05, 0.1) is 19.3 Å². The van der Waals surface area contributed by atoms with E-state index in [2.05, 4.69) is 36.3 Å². The second-order valence-electron chi connectivity index (χ2n) is 5.77. The van der Waals surface area contributed by atoms with Crippen molar-refractivity contribution in [3.63, 3.8) is 0 Å². The second-order valence-corrected chi connectivity index (χ2v) is 5.77. The lowest BCUT2D eigenvalue weighted by Gasteiger charge is -2.19. The van der Waals surface area contributed by atoms with E-state index in [1.807, 2.05) is 6.92 Å². The molecule has 0 saturated heterocycles. The van der Waals surface area contributed by atoms with E-state index in [0.29, 0.717) is 18.5 Å². The average Bonchev–Trinajstić information content (AvgIpc) is 2.74. The van der Waals surface area contributed by atoms with Gasteiger partial charge in [-0.2, -0.15) is 0 Å². The Kier molecular flexibility index (Phi) is 3.97. The third-order valence-electron chi connectivity index (χ3n) is 3.90. The minimum absolute atomic E-state index is 0.298. The van der Waals surface area contributed by atoms with Crippen LogP contribution in [0.15, 0.2) is 22.7 Å². The fraction of sp³-hybridized carbons (Fsp3) is 0.471. The van der Waals surface area contributed by atoms with Crippen LogP contribution in [0.1, 0.15) is 47.2 Å². The zero-order valence-electron chi connectivity index (χ0n) is 12.9. The number of aryl methyl sites for hydroxylation is 3. The molecule has 0 aliphatic carbocycles. The predicted molar refractivity (Wildman–Crippen MR) is 81.5 cm³/mol. The summed E-state index contributed by atoms with van der Waals surface area (Å²) in [6.07, 6.45) is 3.92. The first-order chi connectivity index (χ1) is 10.1. The fourth-order valence-electron chi connectivity index (χ4n) is 2.98.